The lowest BCUT2D eigenvalue weighted by atomic mass is 9.79. The Hall–Kier alpha value is -0.220. The van der Waals surface area contributed by atoms with E-state index in [4.69, 9.17) is 0 Å². The van der Waals surface area contributed by atoms with Crippen LogP contribution in [0, 0.1) is 5.41 Å². The smallest absolute Gasteiger partial charge is 0.241 e. The number of amides is 1. The van der Waals surface area contributed by atoms with Crippen LogP contribution in [0.25, 0.3) is 0 Å². The molecule has 1 amide bonds. The van der Waals surface area contributed by atoms with Gasteiger partial charge in [-0.1, -0.05) is 12.8 Å². The van der Waals surface area contributed by atoms with Gasteiger partial charge in [0.25, 0.3) is 0 Å². The van der Waals surface area contributed by atoms with Crippen LogP contribution in [0.4, 0.5) is 0 Å². The highest BCUT2D eigenvalue weighted by Crippen LogP contribution is 2.40. The van der Waals surface area contributed by atoms with Crippen molar-refractivity contribution in [3.63, 3.8) is 0 Å². The molecule has 0 aromatic carbocycles. The van der Waals surface area contributed by atoms with Crippen LogP contribution in [0.3, 0.4) is 0 Å². The summed E-state index contributed by atoms with van der Waals surface area (Å²) in [7, 11) is 2.04. The van der Waals surface area contributed by atoms with Crippen molar-refractivity contribution >= 4 is 18.7 Å². The van der Waals surface area contributed by atoms with Gasteiger partial charge in [-0.2, -0.15) is 0 Å². The Morgan fingerprint density at radius 2 is 2.18 bits per heavy atom. The molecule has 3 nitrogen and oxygen atoms in total. The van der Waals surface area contributed by atoms with Crippen LogP contribution < -0.4 is 0 Å². The van der Waals surface area contributed by atoms with E-state index in [9.17, 15) is 4.79 Å². The quantitative estimate of drug-likeness (QED) is 0.520. The predicted octanol–water partition coefficient (Wildman–Crippen LogP) is -0.00470. The van der Waals surface area contributed by atoms with Gasteiger partial charge in [0.15, 0.2) is 0 Å². The second kappa shape index (κ2) is 2.14. The van der Waals surface area contributed by atoms with E-state index in [-0.39, 0.29) is 11.3 Å². The van der Waals surface area contributed by atoms with Crippen molar-refractivity contribution < 1.29 is 4.79 Å². The molecular formula is C7H12N2OS. The normalized spacial score (nSPS) is 29.6. The van der Waals surface area contributed by atoms with Gasteiger partial charge in [-0.15, -0.1) is 0 Å². The molecule has 0 saturated carbocycles. The SMILES string of the molecule is CN1CC2(CCN(S)C2=O)C1. The summed E-state index contributed by atoms with van der Waals surface area (Å²) in [5.74, 6) is 0.221. The van der Waals surface area contributed by atoms with Gasteiger partial charge in [0.2, 0.25) is 5.91 Å². The molecule has 1 spiro atoms. The molecule has 0 aromatic heterocycles. The molecule has 2 saturated heterocycles. The first kappa shape index (κ1) is 7.43. The summed E-state index contributed by atoms with van der Waals surface area (Å²) in [5.41, 5.74) is -0.0451. The molecule has 2 aliphatic rings. The Bertz CT molecular complexity index is 195. The van der Waals surface area contributed by atoms with Crippen LogP contribution in [0.1, 0.15) is 6.42 Å². The molecule has 0 bridgehead atoms. The second-order valence-corrected chi connectivity index (χ2v) is 4.11. The van der Waals surface area contributed by atoms with Gasteiger partial charge in [-0.25, -0.2) is 0 Å². The third-order valence-corrected chi connectivity index (χ3v) is 3.02. The minimum atomic E-state index is -0.0451. The Morgan fingerprint density at radius 3 is 2.55 bits per heavy atom. The second-order valence-electron chi connectivity index (χ2n) is 3.63. The van der Waals surface area contributed by atoms with Gasteiger partial charge >= 0.3 is 0 Å². The minimum absolute atomic E-state index is 0.0451. The molecule has 0 unspecified atom stereocenters. The fourth-order valence-electron chi connectivity index (χ4n) is 2.08. The number of hydrogen-bond acceptors (Lipinski definition) is 3. The summed E-state index contributed by atoms with van der Waals surface area (Å²) in [5, 5.41) is 0. The van der Waals surface area contributed by atoms with E-state index >= 15 is 0 Å². The Kier molecular flexibility index (Phi) is 1.44. The maximum Gasteiger partial charge on any atom is 0.241 e. The van der Waals surface area contributed by atoms with Gasteiger partial charge in [-0.3, -0.25) is 9.10 Å². The number of thiol groups is 1. The summed E-state index contributed by atoms with van der Waals surface area (Å²) in [6.07, 6.45) is 0.986. The fraction of sp³-hybridized carbons (Fsp3) is 0.857. The average molecular weight is 172 g/mol. The van der Waals surface area contributed by atoms with E-state index < -0.39 is 0 Å². The Balaban J connectivity index is 2.12. The number of carbonyl (C=O) groups excluding carboxylic acids is 1. The zero-order chi connectivity index (χ0) is 8.06. The Morgan fingerprint density at radius 1 is 1.55 bits per heavy atom. The summed E-state index contributed by atoms with van der Waals surface area (Å²) in [4.78, 5) is 13.6. The lowest BCUT2D eigenvalue weighted by Gasteiger charge is -2.43. The van der Waals surface area contributed by atoms with E-state index in [1.807, 2.05) is 7.05 Å². The highest BCUT2D eigenvalue weighted by atomic mass is 32.1. The van der Waals surface area contributed by atoms with Crippen molar-refractivity contribution in [3.8, 4) is 0 Å². The van der Waals surface area contributed by atoms with Crippen molar-refractivity contribution in [1.29, 1.82) is 0 Å². The molecule has 4 heteroatoms. The minimum Gasteiger partial charge on any atom is -0.304 e. The molecule has 0 aliphatic carbocycles. The first-order chi connectivity index (χ1) is 5.14. The van der Waals surface area contributed by atoms with Crippen molar-refractivity contribution in [2.45, 2.75) is 6.42 Å². The van der Waals surface area contributed by atoms with Gasteiger partial charge in [-0.05, 0) is 13.5 Å². The van der Waals surface area contributed by atoms with Gasteiger partial charge in [0, 0.05) is 19.6 Å². The average Bonchev–Trinajstić information content (AvgIpc) is 2.16. The van der Waals surface area contributed by atoms with Gasteiger partial charge in [0.1, 0.15) is 0 Å². The summed E-state index contributed by atoms with van der Waals surface area (Å²) < 4.78 is 1.55. The molecule has 2 aliphatic heterocycles. The molecule has 0 atom stereocenters. The monoisotopic (exact) mass is 172 g/mol. The van der Waals surface area contributed by atoms with Gasteiger partial charge in [0.05, 0.1) is 5.41 Å². The van der Waals surface area contributed by atoms with Crippen LogP contribution in [0.2, 0.25) is 0 Å². The molecule has 2 heterocycles. The van der Waals surface area contributed by atoms with Crippen molar-refractivity contribution in [2.75, 3.05) is 26.7 Å². The maximum atomic E-state index is 11.5. The topological polar surface area (TPSA) is 23.6 Å². The highest BCUT2D eigenvalue weighted by Gasteiger charge is 2.52. The molecular weight excluding hydrogens is 160 g/mol. The maximum absolute atomic E-state index is 11.5. The summed E-state index contributed by atoms with van der Waals surface area (Å²) in [6.45, 7) is 2.65. The van der Waals surface area contributed by atoms with Crippen LogP contribution in [0.5, 0.6) is 0 Å². The van der Waals surface area contributed by atoms with Crippen LogP contribution in [-0.2, 0) is 4.79 Å². The van der Waals surface area contributed by atoms with Crippen molar-refractivity contribution in [1.82, 2.24) is 9.21 Å². The lowest BCUT2D eigenvalue weighted by Crippen LogP contribution is -2.57. The first-order valence-corrected chi connectivity index (χ1v) is 4.23. The molecule has 2 fully saturated rings. The third kappa shape index (κ3) is 0.891. The van der Waals surface area contributed by atoms with Crippen LogP contribution in [-0.4, -0.2) is 41.8 Å². The number of nitrogens with zero attached hydrogens (tertiary/aromatic N) is 2. The van der Waals surface area contributed by atoms with Crippen molar-refractivity contribution in [3.05, 3.63) is 0 Å². The number of carbonyl (C=O) groups is 1. The van der Waals surface area contributed by atoms with Gasteiger partial charge < -0.3 is 4.90 Å². The number of likely N-dealkylation sites (tertiary alicyclic amines) is 1. The highest BCUT2D eigenvalue weighted by molar-refractivity contribution is 7.78. The largest absolute Gasteiger partial charge is 0.304 e. The van der Waals surface area contributed by atoms with Crippen molar-refractivity contribution in [2.24, 2.45) is 5.41 Å². The fourth-order valence-corrected chi connectivity index (χ4v) is 2.39. The third-order valence-electron chi connectivity index (χ3n) is 2.64. The Labute approximate surface area is 71.9 Å². The van der Waals surface area contributed by atoms with E-state index in [1.54, 1.807) is 4.31 Å². The molecule has 62 valence electrons. The lowest BCUT2D eigenvalue weighted by molar-refractivity contribution is -0.139. The number of hydrogen-bond donors (Lipinski definition) is 1. The molecule has 0 radical (unpaired) electrons. The zero-order valence-corrected chi connectivity index (χ0v) is 7.47. The van der Waals surface area contributed by atoms with Crippen LogP contribution >= 0.6 is 12.8 Å². The predicted molar refractivity (Wildman–Crippen MR) is 45.2 cm³/mol. The van der Waals surface area contributed by atoms with E-state index in [1.165, 1.54) is 0 Å². The molecule has 11 heavy (non-hydrogen) atoms. The van der Waals surface area contributed by atoms with E-state index in [2.05, 4.69) is 17.7 Å². The molecule has 2 rings (SSSR count). The standard InChI is InChI=1S/C7H12N2OS/c1-8-4-7(5-8)2-3-9(11)6(7)10/h11H,2-5H2,1H3. The van der Waals surface area contributed by atoms with E-state index in [0.29, 0.717) is 0 Å². The zero-order valence-electron chi connectivity index (χ0n) is 6.58. The number of rotatable bonds is 0. The summed E-state index contributed by atoms with van der Waals surface area (Å²) in [6, 6.07) is 0. The van der Waals surface area contributed by atoms with Crippen LogP contribution in [0.15, 0.2) is 0 Å². The summed E-state index contributed by atoms with van der Waals surface area (Å²) >= 11 is 4.08. The molecule has 0 N–H and O–H groups in total. The first-order valence-electron chi connectivity index (χ1n) is 3.83. The van der Waals surface area contributed by atoms with E-state index in [0.717, 1.165) is 26.1 Å². The molecule has 0 aromatic rings.